The molecule has 0 aliphatic heterocycles. The Balaban J connectivity index is 2.06. The molecule has 114 valence electrons. The van der Waals surface area contributed by atoms with E-state index in [9.17, 15) is 5.11 Å². The molecule has 5 heteroatoms. The second-order valence-electron chi connectivity index (χ2n) is 5.65. The van der Waals surface area contributed by atoms with Gasteiger partial charge < -0.3 is 9.84 Å². The van der Waals surface area contributed by atoms with Crippen molar-refractivity contribution in [1.82, 2.24) is 15.0 Å². The molecular formula is C16H23N3O2. The molecule has 0 unspecified atom stereocenters. The summed E-state index contributed by atoms with van der Waals surface area (Å²) >= 11 is 0. The maximum Gasteiger partial charge on any atom is 0.132 e. The fourth-order valence-electron chi connectivity index (χ4n) is 2.00. The third-order valence-electron chi connectivity index (χ3n) is 3.38. The number of hydrogen-bond acceptors (Lipinski definition) is 4. The summed E-state index contributed by atoms with van der Waals surface area (Å²) < 4.78 is 7.62. The molecule has 0 spiro atoms. The Hall–Kier alpha value is -1.88. The molecule has 0 bridgehead atoms. The number of aliphatic hydroxyl groups is 1. The second kappa shape index (κ2) is 7.22. The monoisotopic (exact) mass is 289 g/mol. The quantitative estimate of drug-likeness (QED) is 0.851. The Bertz CT molecular complexity index is 561. The van der Waals surface area contributed by atoms with E-state index in [1.165, 1.54) is 5.56 Å². The first-order valence-electron chi connectivity index (χ1n) is 7.31. The highest BCUT2D eigenvalue weighted by Crippen LogP contribution is 2.16. The van der Waals surface area contributed by atoms with Crippen molar-refractivity contribution in [2.45, 2.75) is 47.0 Å². The Kier molecular flexibility index (Phi) is 5.33. The van der Waals surface area contributed by atoms with E-state index in [4.69, 9.17) is 4.74 Å². The van der Waals surface area contributed by atoms with Gasteiger partial charge in [-0.1, -0.05) is 36.8 Å². The molecule has 21 heavy (non-hydrogen) atoms. The van der Waals surface area contributed by atoms with Crippen LogP contribution in [0.5, 0.6) is 5.75 Å². The van der Waals surface area contributed by atoms with E-state index in [2.05, 4.69) is 24.2 Å². The summed E-state index contributed by atoms with van der Waals surface area (Å²) in [6.07, 6.45) is 1.02. The van der Waals surface area contributed by atoms with E-state index in [1.807, 2.05) is 35.9 Å². The maximum absolute atomic E-state index is 9.37. The molecule has 0 aliphatic carbocycles. The minimum atomic E-state index is -0.117. The van der Waals surface area contributed by atoms with Crippen molar-refractivity contribution >= 4 is 0 Å². The third-order valence-corrected chi connectivity index (χ3v) is 3.38. The van der Waals surface area contributed by atoms with Gasteiger partial charge in [0.2, 0.25) is 0 Å². The lowest BCUT2D eigenvalue weighted by molar-refractivity contribution is 0.261. The van der Waals surface area contributed by atoms with Gasteiger partial charge in [-0.15, -0.1) is 5.10 Å². The van der Waals surface area contributed by atoms with Gasteiger partial charge in [-0.05, 0) is 31.4 Å². The molecule has 2 rings (SSSR count). The van der Waals surface area contributed by atoms with Gasteiger partial charge in [-0.25, -0.2) is 4.68 Å². The highest BCUT2D eigenvalue weighted by atomic mass is 16.5. The van der Waals surface area contributed by atoms with Gasteiger partial charge in [0.15, 0.2) is 0 Å². The average Bonchev–Trinajstić information content (AvgIpc) is 2.86. The molecular weight excluding hydrogens is 266 g/mol. The highest BCUT2D eigenvalue weighted by Gasteiger charge is 2.13. The van der Waals surface area contributed by atoms with Crippen LogP contribution in [0.15, 0.2) is 24.3 Å². The molecule has 5 nitrogen and oxygen atoms in total. The molecule has 1 aromatic carbocycles. The minimum Gasteiger partial charge on any atom is -0.487 e. The van der Waals surface area contributed by atoms with Crippen LogP contribution in [0.25, 0.3) is 0 Å². The first-order valence-corrected chi connectivity index (χ1v) is 7.31. The van der Waals surface area contributed by atoms with Crippen LogP contribution in [0.2, 0.25) is 0 Å². The van der Waals surface area contributed by atoms with E-state index < -0.39 is 0 Å². The van der Waals surface area contributed by atoms with Crippen LogP contribution in [0.1, 0.15) is 37.2 Å². The predicted molar refractivity (Wildman–Crippen MR) is 80.9 cm³/mol. The number of aryl methyl sites for hydroxylation is 2. The van der Waals surface area contributed by atoms with Gasteiger partial charge in [0.05, 0.1) is 6.61 Å². The van der Waals surface area contributed by atoms with Crippen molar-refractivity contribution in [2.24, 2.45) is 5.92 Å². The lowest BCUT2D eigenvalue weighted by atomic mass is 10.1. The van der Waals surface area contributed by atoms with Crippen molar-refractivity contribution in [1.29, 1.82) is 0 Å². The Morgan fingerprint density at radius 1 is 1.24 bits per heavy atom. The van der Waals surface area contributed by atoms with Crippen LogP contribution in [0.4, 0.5) is 0 Å². The highest BCUT2D eigenvalue weighted by molar-refractivity contribution is 5.26. The smallest absolute Gasteiger partial charge is 0.132 e. The van der Waals surface area contributed by atoms with E-state index in [-0.39, 0.29) is 6.61 Å². The average molecular weight is 289 g/mol. The molecule has 2 aromatic rings. The molecule has 1 N–H and O–H groups in total. The summed E-state index contributed by atoms with van der Waals surface area (Å²) in [6, 6.07) is 7.90. The Labute approximate surface area is 125 Å². The van der Waals surface area contributed by atoms with Crippen LogP contribution in [0, 0.1) is 12.8 Å². The van der Waals surface area contributed by atoms with Crippen LogP contribution in [-0.2, 0) is 19.8 Å². The number of aliphatic hydroxyl groups excluding tert-OH is 1. The minimum absolute atomic E-state index is 0.117. The van der Waals surface area contributed by atoms with Gasteiger partial charge in [0, 0.05) is 6.54 Å². The lowest BCUT2D eigenvalue weighted by Crippen LogP contribution is -2.11. The van der Waals surface area contributed by atoms with E-state index >= 15 is 0 Å². The largest absolute Gasteiger partial charge is 0.487 e. The summed E-state index contributed by atoms with van der Waals surface area (Å²) in [6.45, 7) is 7.42. The molecule has 1 heterocycles. The number of benzene rings is 1. The number of nitrogens with zero attached hydrogens (tertiary/aromatic N) is 3. The van der Waals surface area contributed by atoms with Crippen molar-refractivity contribution in [3.05, 3.63) is 41.2 Å². The molecule has 0 saturated carbocycles. The molecule has 0 fully saturated rings. The fraction of sp³-hybridized carbons (Fsp3) is 0.500. The summed E-state index contributed by atoms with van der Waals surface area (Å²) in [4.78, 5) is 0. The molecule has 1 aromatic heterocycles. The number of hydrogen-bond donors (Lipinski definition) is 1. The van der Waals surface area contributed by atoms with Gasteiger partial charge >= 0.3 is 0 Å². The number of rotatable bonds is 7. The summed E-state index contributed by atoms with van der Waals surface area (Å²) in [5.41, 5.74) is 2.63. The predicted octanol–water partition coefficient (Wildman–Crippen LogP) is 2.70. The van der Waals surface area contributed by atoms with Crippen LogP contribution in [-0.4, -0.2) is 20.1 Å². The molecule has 0 atom stereocenters. The van der Waals surface area contributed by atoms with Gasteiger partial charge in [0.25, 0.3) is 0 Å². The van der Waals surface area contributed by atoms with Gasteiger partial charge in [-0.3, -0.25) is 0 Å². The molecule has 0 aliphatic rings. The molecule has 0 radical (unpaired) electrons. The Morgan fingerprint density at radius 2 is 1.95 bits per heavy atom. The van der Waals surface area contributed by atoms with Gasteiger partial charge in [-0.2, -0.15) is 0 Å². The number of aromatic nitrogens is 3. The first kappa shape index (κ1) is 15.5. The van der Waals surface area contributed by atoms with E-state index in [0.29, 0.717) is 18.2 Å². The normalized spacial score (nSPS) is 11.1. The van der Waals surface area contributed by atoms with Crippen molar-refractivity contribution < 1.29 is 9.84 Å². The van der Waals surface area contributed by atoms with E-state index in [0.717, 1.165) is 24.4 Å². The van der Waals surface area contributed by atoms with Crippen LogP contribution >= 0.6 is 0 Å². The zero-order valence-corrected chi connectivity index (χ0v) is 12.9. The second-order valence-corrected chi connectivity index (χ2v) is 5.65. The zero-order valence-electron chi connectivity index (χ0n) is 12.9. The maximum atomic E-state index is 9.37. The fourth-order valence-corrected chi connectivity index (χ4v) is 2.00. The van der Waals surface area contributed by atoms with Crippen molar-refractivity contribution in [3.63, 3.8) is 0 Å². The topological polar surface area (TPSA) is 60.2 Å². The van der Waals surface area contributed by atoms with E-state index in [1.54, 1.807) is 0 Å². The molecule has 0 amide bonds. The van der Waals surface area contributed by atoms with Gasteiger partial charge in [0.1, 0.15) is 23.7 Å². The zero-order chi connectivity index (χ0) is 15.2. The number of ether oxygens (including phenoxy) is 1. The summed E-state index contributed by atoms with van der Waals surface area (Å²) in [7, 11) is 0. The van der Waals surface area contributed by atoms with Crippen molar-refractivity contribution in [3.8, 4) is 5.75 Å². The standard InChI is InChI=1S/C16H23N3O2/c1-12(2)8-9-19-16(15(10-20)17-18-19)11-21-14-6-4-13(3)5-7-14/h4-7,12,20H,8-11H2,1-3H3. The summed E-state index contributed by atoms with van der Waals surface area (Å²) in [5.74, 6) is 1.40. The lowest BCUT2D eigenvalue weighted by Gasteiger charge is -2.11. The third kappa shape index (κ3) is 4.29. The SMILES string of the molecule is Cc1ccc(OCc2c(CO)nnn2CCC(C)C)cc1. The Morgan fingerprint density at radius 3 is 2.57 bits per heavy atom. The van der Waals surface area contributed by atoms with Crippen molar-refractivity contribution in [2.75, 3.05) is 0 Å². The summed E-state index contributed by atoms with van der Waals surface area (Å²) in [5, 5.41) is 17.5. The molecule has 0 saturated heterocycles. The first-order chi connectivity index (χ1) is 10.1. The van der Waals surface area contributed by atoms with Crippen LogP contribution < -0.4 is 4.74 Å². The van der Waals surface area contributed by atoms with Crippen LogP contribution in [0.3, 0.4) is 0 Å².